The van der Waals surface area contributed by atoms with Crippen LogP contribution in [0.3, 0.4) is 0 Å². The van der Waals surface area contributed by atoms with Crippen molar-refractivity contribution in [1.82, 2.24) is 14.5 Å². The van der Waals surface area contributed by atoms with Gasteiger partial charge in [-0.1, -0.05) is 24.3 Å². The van der Waals surface area contributed by atoms with Gasteiger partial charge < -0.3 is 15.0 Å². The number of benzene rings is 2. The third kappa shape index (κ3) is 4.54. The second-order valence-electron chi connectivity index (χ2n) is 7.66. The maximum Gasteiger partial charge on any atom is 0.337 e. The molecule has 0 aliphatic rings. The maximum atomic E-state index is 12.8. The van der Waals surface area contributed by atoms with Gasteiger partial charge in [0.2, 0.25) is 5.95 Å². The van der Waals surface area contributed by atoms with E-state index in [2.05, 4.69) is 16.0 Å². The number of ether oxygens (including phenoxy) is 1. The van der Waals surface area contributed by atoms with Gasteiger partial charge in [0.1, 0.15) is 0 Å². The number of pyridine rings is 1. The predicted molar refractivity (Wildman–Crippen MR) is 128 cm³/mol. The second-order valence-corrected chi connectivity index (χ2v) is 7.66. The first-order chi connectivity index (χ1) is 16.4. The molecule has 0 atom stereocenters. The van der Waals surface area contributed by atoms with Gasteiger partial charge in [0.05, 0.1) is 42.2 Å². The summed E-state index contributed by atoms with van der Waals surface area (Å²) in [6.45, 7) is 2.20. The summed E-state index contributed by atoms with van der Waals surface area (Å²) >= 11 is 0. The van der Waals surface area contributed by atoms with Gasteiger partial charge in [-0.3, -0.25) is 4.79 Å². The van der Waals surface area contributed by atoms with Crippen molar-refractivity contribution >= 4 is 11.9 Å². The fraction of sp³-hybridized carbons (Fsp3) is 0.115. The maximum absolute atomic E-state index is 12.8. The number of methoxy groups -OCH3 is 1. The van der Waals surface area contributed by atoms with Crippen molar-refractivity contribution < 1.29 is 9.53 Å². The largest absolute Gasteiger partial charge is 0.465 e. The van der Waals surface area contributed by atoms with Gasteiger partial charge in [0.25, 0.3) is 5.56 Å². The number of nitrogens with two attached hydrogens (primary N) is 1. The van der Waals surface area contributed by atoms with Gasteiger partial charge in [-0.25, -0.2) is 14.8 Å². The summed E-state index contributed by atoms with van der Waals surface area (Å²) < 4.78 is 6.26. The third-order valence-electron chi connectivity index (χ3n) is 5.49. The summed E-state index contributed by atoms with van der Waals surface area (Å²) in [6, 6.07) is 19.5. The van der Waals surface area contributed by atoms with Crippen LogP contribution in [-0.4, -0.2) is 27.6 Å². The number of esters is 1. The number of nitriles is 1. The average molecular weight is 451 g/mol. The SMILES string of the molecule is COC(=O)c1ccc(Cn2ccc(-c3cc(-c4cccc(C#N)c4C)nc(N)n3)cc2=O)cc1. The quantitative estimate of drug-likeness (QED) is 0.460. The highest BCUT2D eigenvalue weighted by molar-refractivity contribution is 5.89. The van der Waals surface area contributed by atoms with E-state index in [1.807, 2.05) is 13.0 Å². The summed E-state index contributed by atoms with van der Waals surface area (Å²) in [5, 5.41) is 9.32. The topological polar surface area (TPSA) is 124 Å². The molecule has 2 aromatic carbocycles. The predicted octanol–water partition coefficient (Wildman–Crippen LogP) is 3.57. The number of anilines is 1. The third-order valence-corrected chi connectivity index (χ3v) is 5.49. The Labute approximate surface area is 195 Å². The van der Waals surface area contributed by atoms with Crippen LogP contribution in [0.2, 0.25) is 0 Å². The fourth-order valence-corrected chi connectivity index (χ4v) is 3.64. The van der Waals surface area contributed by atoms with Crippen LogP contribution in [0.5, 0.6) is 0 Å². The van der Waals surface area contributed by atoms with Crippen molar-refractivity contribution in [2.45, 2.75) is 13.5 Å². The smallest absolute Gasteiger partial charge is 0.337 e. The van der Waals surface area contributed by atoms with Gasteiger partial charge in [0, 0.05) is 23.4 Å². The molecule has 168 valence electrons. The van der Waals surface area contributed by atoms with E-state index in [0.717, 1.165) is 16.7 Å². The Morgan fingerprint density at radius 3 is 2.50 bits per heavy atom. The standard InChI is InChI=1S/C26H21N5O3/c1-16-20(14-27)4-3-5-21(16)23-13-22(29-26(28)30-23)19-10-11-31(24(32)12-19)15-17-6-8-18(9-7-17)25(33)34-2/h3-13H,15H2,1-2H3,(H2,28,29,30). The van der Waals surface area contributed by atoms with E-state index in [1.54, 1.807) is 59.3 Å². The molecule has 8 heteroatoms. The monoisotopic (exact) mass is 451 g/mol. The summed E-state index contributed by atoms with van der Waals surface area (Å²) in [7, 11) is 1.33. The molecule has 4 rings (SSSR count). The molecular formula is C26H21N5O3. The van der Waals surface area contributed by atoms with E-state index < -0.39 is 5.97 Å². The summed E-state index contributed by atoms with van der Waals surface area (Å²) in [6.07, 6.45) is 1.69. The van der Waals surface area contributed by atoms with E-state index in [4.69, 9.17) is 10.5 Å². The van der Waals surface area contributed by atoms with Crippen LogP contribution in [-0.2, 0) is 11.3 Å². The molecule has 0 amide bonds. The summed E-state index contributed by atoms with van der Waals surface area (Å²) in [5.74, 6) is -0.338. The van der Waals surface area contributed by atoms with Crippen molar-refractivity contribution in [1.29, 1.82) is 5.26 Å². The van der Waals surface area contributed by atoms with Crippen molar-refractivity contribution in [3.63, 3.8) is 0 Å². The van der Waals surface area contributed by atoms with Crippen LogP contribution in [0.1, 0.15) is 27.0 Å². The highest BCUT2D eigenvalue weighted by atomic mass is 16.5. The van der Waals surface area contributed by atoms with E-state index in [1.165, 1.54) is 13.2 Å². The molecule has 0 bridgehead atoms. The van der Waals surface area contributed by atoms with Gasteiger partial charge >= 0.3 is 5.97 Å². The van der Waals surface area contributed by atoms with Crippen molar-refractivity contribution in [2.24, 2.45) is 0 Å². The van der Waals surface area contributed by atoms with Crippen LogP contribution in [0.25, 0.3) is 22.5 Å². The first-order valence-electron chi connectivity index (χ1n) is 10.4. The Morgan fingerprint density at radius 1 is 1.09 bits per heavy atom. The lowest BCUT2D eigenvalue weighted by Gasteiger charge is -2.11. The number of rotatable bonds is 5. The molecule has 34 heavy (non-hydrogen) atoms. The number of carbonyl (C=O) groups excluding carboxylic acids is 1. The van der Waals surface area contributed by atoms with Gasteiger partial charge in [0.15, 0.2) is 0 Å². The van der Waals surface area contributed by atoms with E-state index in [0.29, 0.717) is 34.6 Å². The Hall–Kier alpha value is -4.77. The highest BCUT2D eigenvalue weighted by Crippen LogP contribution is 2.27. The molecule has 2 aromatic heterocycles. The van der Waals surface area contributed by atoms with Crippen LogP contribution in [0, 0.1) is 18.3 Å². The Kier molecular flexibility index (Phi) is 6.19. The molecule has 0 unspecified atom stereocenters. The van der Waals surface area contributed by atoms with Crippen molar-refractivity contribution in [2.75, 3.05) is 12.8 Å². The summed E-state index contributed by atoms with van der Waals surface area (Å²) in [4.78, 5) is 33.0. The number of nitrogen functional groups attached to an aromatic ring is 1. The van der Waals surface area contributed by atoms with Crippen LogP contribution >= 0.6 is 0 Å². The summed E-state index contributed by atoms with van der Waals surface area (Å²) in [5.41, 5.74) is 10.9. The molecule has 0 saturated carbocycles. The zero-order valence-electron chi connectivity index (χ0n) is 18.6. The minimum absolute atomic E-state index is 0.0733. The molecule has 8 nitrogen and oxygen atoms in total. The Balaban J connectivity index is 1.64. The number of hydrogen-bond donors (Lipinski definition) is 1. The number of aromatic nitrogens is 3. The lowest BCUT2D eigenvalue weighted by atomic mass is 9.99. The molecule has 2 N–H and O–H groups in total. The van der Waals surface area contributed by atoms with Crippen LogP contribution in [0.15, 0.2) is 71.7 Å². The number of hydrogen-bond acceptors (Lipinski definition) is 7. The highest BCUT2D eigenvalue weighted by Gasteiger charge is 2.12. The minimum Gasteiger partial charge on any atom is -0.465 e. The molecule has 4 aromatic rings. The van der Waals surface area contributed by atoms with Crippen molar-refractivity contribution in [3.05, 3.63) is 99.5 Å². The molecule has 0 fully saturated rings. The Bertz CT molecular complexity index is 1480. The molecular weight excluding hydrogens is 430 g/mol. The normalized spacial score (nSPS) is 10.5. The zero-order valence-corrected chi connectivity index (χ0v) is 18.6. The van der Waals surface area contributed by atoms with Gasteiger partial charge in [-0.15, -0.1) is 0 Å². The lowest BCUT2D eigenvalue weighted by Crippen LogP contribution is -2.19. The molecule has 0 aliphatic carbocycles. The first kappa shape index (κ1) is 22.4. The van der Waals surface area contributed by atoms with E-state index >= 15 is 0 Å². The average Bonchev–Trinajstić information content (AvgIpc) is 2.85. The second kappa shape index (κ2) is 9.38. The van der Waals surface area contributed by atoms with Gasteiger partial charge in [-0.2, -0.15) is 5.26 Å². The van der Waals surface area contributed by atoms with Crippen LogP contribution < -0.4 is 11.3 Å². The minimum atomic E-state index is -0.411. The molecule has 2 heterocycles. The molecule has 0 saturated heterocycles. The zero-order chi connectivity index (χ0) is 24.2. The number of carbonyl (C=O) groups is 1. The van der Waals surface area contributed by atoms with E-state index in [9.17, 15) is 14.9 Å². The molecule has 0 aliphatic heterocycles. The van der Waals surface area contributed by atoms with Crippen molar-refractivity contribution in [3.8, 4) is 28.6 Å². The van der Waals surface area contributed by atoms with E-state index in [-0.39, 0.29) is 11.5 Å². The Morgan fingerprint density at radius 2 is 1.82 bits per heavy atom. The fourth-order valence-electron chi connectivity index (χ4n) is 3.64. The first-order valence-corrected chi connectivity index (χ1v) is 10.4. The molecule has 0 spiro atoms. The van der Waals surface area contributed by atoms with Crippen LogP contribution in [0.4, 0.5) is 5.95 Å². The van der Waals surface area contributed by atoms with Gasteiger partial charge in [-0.05, 0) is 48.4 Å². The number of nitrogens with zero attached hydrogens (tertiary/aromatic N) is 4. The molecule has 0 radical (unpaired) electrons. The lowest BCUT2D eigenvalue weighted by molar-refractivity contribution is 0.0600.